The second-order valence-corrected chi connectivity index (χ2v) is 4.51. The summed E-state index contributed by atoms with van der Waals surface area (Å²) < 4.78 is 4.86. The molecular weight excluding hydrogens is 276 g/mol. The van der Waals surface area contributed by atoms with Crippen molar-refractivity contribution in [2.75, 3.05) is 6.61 Å². The van der Waals surface area contributed by atoms with Gasteiger partial charge in [0.2, 0.25) is 0 Å². The number of ether oxygens (including phenoxy) is 1. The molecule has 0 radical (unpaired) electrons. The van der Waals surface area contributed by atoms with Gasteiger partial charge in [-0.05, 0) is 12.5 Å². The van der Waals surface area contributed by atoms with E-state index in [-0.39, 0.29) is 17.9 Å². The molecule has 2 aromatic rings. The number of fused-ring (bicyclic) bond motifs is 1. The third-order valence-electron chi connectivity index (χ3n) is 3.04. The number of rotatable bonds is 6. The molecule has 0 spiro atoms. The lowest BCUT2D eigenvalue weighted by Gasteiger charge is -2.02. The zero-order chi connectivity index (χ0) is 15.4. The molecular formula is C14H14N2O5. The lowest BCUT2D eigenvalue weighted by atomic mass is 10.1. The van der Waals surface area contributed by atoms with E-state index in [0.29, 0.717) is 17.3 Å². The van der Waals surface area contributed by atoms with Crippen LogP contribution in [0.15, 0.2) is 24.4 Å². The first-order valence-corrected chi connectivity index (χ1v) is 6.51. The second-order valence-electron chi connectivity index (χ2n) is 4.51. The molecule has 1 N–H and O–H groups in total. The van der Waals surface area contributed by atoms with Crippen LogP contribution < -0.4 is 0 Å². The molecule has 7 heteroatoms. The van der Waals surface area contributed by atoms with Gasteiger partial charge < -0.3 is 9.72 Å². The minimum Gasteiger partial charge on any atom is -0.460 e. The Kier molecular flexibility index (Phi) is 4.32. The summed E-state index contributed by atoms with van der Waals surface area (Å²) in [6.45, 7) is 2.12. The van der Waals surface area contributed by atoms with E-state index >= 15 is 0 Å². The van der Waals surface area contributed by atoms with Crippen LogP contribution >= 0.6 is 0 Å². The largest absolute Gasteiger partial charge is 0.460 e. The number of nitro benzene ring substituents is 1. The van der Waals surface area contributed by atoms with Crippen molar-refractivity contribution in [2.24, 2.45) is 0 Å². The average molecular weight is 290 g/mol. The Morgan fingerprint density at radius 3 is 2.81 bits per heavy atom. The fourth-order valence-corrected chi connectivity index (χ4v) is 1.89. The van der Waals surface area contributed by atoms with Gasteiger partial charge in [-0.3, -0.25) is 14.9 Å². The first-order valence-electron chi connectivity index (χ1n) is 6.51. The third kappa shape index (κ3) is 3.07. The Balaban J connectivity index is 2.28. The van der Waals surface area contributed by atoms with Crippen LogP contribution in [0, 0.1) is 10.1 Å². The van der Waals surface area contributed by atoms with E-state index in [1.54, 1.807) is 0 Å². The van der Waals surface area contributed by atoms with E-state index in [9.17, 15) is 19.7 Å². The van der Waals surface area contributed by atoms with E-state index in [1.807, 2.05) is 6.92 Å². The Hall–Kier alpha value is -2.70. The molecule has 0 fully saturated rings. The maximum atomic E-state index is 12.0. The molecule has 0 aliphatic carbocycles. The number of hydrogen-bond acceptors (Lipinski definition) is 5. The lowest BCUT2D eigenvalue weighted by molar-refractivity contribution is -0.384. The van der Waals surface area contributed by atoms with Gasteiger partial charge in [0.1, 0.15) is 0 Å². The number of nitro groups is 1. The highest BCUT2D eigenvalue weighted by atomic mass is 16.6. The predicted octanol–water partition coefficient (Wildman–Crippen LogP) is 2.60. The number of nitrogens with zero attached hydrogens (tertiary/aromatic N) is 1. The number of aromatic nitrogens is 1. The molecule has 1 aromatic heterocycles. The van der Waals surface area contributed by atoms with Crippen LogP contribution in [0.3, 0.4) is 0 Å². The van der Waals surface area contributed by atoms with Crippen LogP contribution in [0.4, 0.5) is 5.69 Å². The molecule has 0 saturated carbocycles. The third-order valence-corrected chi connectivity index (χ3v) is 3.04. The van der Waals surface area contributed by atoms with Crippen molar-refractivity contribution in [2.45, 2.75) is 19.8 Å². The predicted molar refractivity (Wildman–Crippen MR) is 75.2 cm³/mol. The van der Waals surface area contributed by atoms with Crippen LogP contribution in [0.5, 0.6) is 0 Å². The molecule has 110 valence electrons. The number of carbonyl (C=O) groups is 2. The van der Waals surface area contributed by atoms with Gasteiger partial charge in [0.15, 0.2) is 0 Å². The van der Waals surface area contributed by atoms with Crippen molar-refractivity contribution in [3.63, 3.8) is 0 Å². The van der Waals surface area contributed by atoms with Gasteiger partial charge in [-0.2, -0.15) is 0 Å². The van der Waals surface area contributed by atoms with Crippen LogP contribution in [0.25, 0.3) is 10.9 Å². The van der Waals surface area contributed by atoms with E-state index in [0.717, 1.165) is 6.42 Å². The summed E-state index contributed by atoms with van der Waals surface area (Å²) in [4.78, 5) is 36.7. The smallest absolute Gasteiger partial charge is 0.379 e. The number of esters is 1. The number of aromatic amines is 1. The first kappa shape index (κ1) is 14.7. The normalized spacial score (nSPS) is 10.5. The summed E-state index contributed by atoms with van der Waals surface area (Å²) in [5.41, 5.74) is 0.482. The molecule has 0 bridgehead atoms. The van der Waals surface area contributed by atoms with E-state index in [4.69, 9.17) is 4.74 Å². The molecule has 0 atom stereocenters. The number of carbonyl (C=O) groups excluding carboxylic acids is 2. The highest BCUT2D eigenvalue weighted by Gasteiger charge is 2.22. The highest BCUT2D eigenvalue weighted by Crippen LogP contribution is 2.24. The monoisotopic (exact) mass is 290 g/mol. The van der Waals surface area contributed by atoms with Gasteiger partial charge in [0.05, 0.1) is 17.1 Å². The Bertz CT molecular complexity index is 704. The Labute approximate surface area is 120 Å². The molecule has 2 rings (SSSR count). The highest BCUT2D eigenvalue weighted by molar-refractivity contribution is 6.43. The van der Waals surface area contributed by atoms with E-state index in [2.05, 4.69) is 4.98 Å². The zero-order valence-corrected chi connectivity index (χ0v) is 11.4. The van der Waals surface area contributed by atoms with Gasteiger partial charge in [0, 0.05) is 29.2 Å². The molecule has 0 unspecified atom stereocenters. The maximum absolute atomic E-state index is 12.0. The van der Waals surface area contributed by atoms with Crippen molar-refractivity contribution >= 4 is 28.3 Å². The van der Waals surface area contributed by atoms with Crippen LogP contribution in [0.2, 0.25) is 0 Å². The van der Waals surface area contributed by atoms with E-state index < -0.39 is 16.7 Å². The minimum absolute atomic E-state index is 0.0789. The number of non-ortho nitro benzene ring substituents is 1. The summed E-state index contributed by atoms with van der Waals surface area (Å²) in [6.07, 6.45) is 2.89. The number of unbranched alkanes of at least 4 members (excludes halogenated alkanes) is 1. The number of H-pyrrole nitrogens is 1. The lowest BCUT2D eigenvalue weighted by Crippen LogP contribution is -2.17. The number of hydrogen-bond donors (Lipinski definition) is 1. The summed E-state index contributed by atoms with van der Waals surface area (Å²) >= 11 is 0. The van der Waals surface area contributed by atoms with Crippen LogP contribution in [-0.4, -0.2) is 28.3 Å². The van der Waals surface area contributed by atoms with Crippen molar-refractivity contribution < 1.29 is 19.2 Å². The van der Waals surface area contributed by atoms with Gasteiger partial charge in [-0.1, -0.05) is 13.3 Å². The maximum Gasteiger partial charge on any atom is 0.379 e. The standard InChI is InChI=1S/C14H14N2O5/c1-2-3-6-21-14(18)13(17)11-8-15-12-5-4-9(16(19)20)7-10(11)12/h4-5,7-8,15H,2-3,6H2,1H3. The molecule has 0 amide bonds. The molecule has 0 aliphatic rings. The average Bonchev–Trinajstić information content (AvgIpc) is 2.89. The number of benzene rings is 1. The van der Waals surface area contributed by atoms with Crippen LogP contribution in [-0.2, 0) is 9.53 Å². The SMILES string of the molecule is CCCCOC(=O)C(=O)c1c[nH]c2ccc([N+](=O)[O-])cc12. The second kappa shape index (κ2) is 6.17. The quantitative estimate of drug-likeness (QED) is 0.220. The number of nitrogens with one attached hydrogen (secondary N) is 1. The molecule has 0 aliphatic heterocycles. The Morgan fingerprint density at radius 2 is 2.14 bits per heavy atom. The molecule has 7 nitrogen and oxygen atoms in total. The summed E-state index contributed by atoms with van der Waals surface area (Å²) in [7, 11) is 0. The fourth-order valence-electron chi connectivity index (χ4n) is 1.89. The van der Waals surface area contributed by atoms with Crippen LogP contribution in [0.1, 0.15) is 30.1 Å². The van der Waals surface area contributed by atoms with Gasteiger partial charge in [-0.25, -0.2) is 4.79 Å². The summed E-state index contributed by atoms with van der Waals surface area (Å²) in [5.74, 6) is -1.76. The molecule has 1 aromatic carbocycles. The van der Waals surface area contributed by atoms with Gasteiger partial charge in [-0.15, -0.1) is 0 Å². The zero-order valence-electron chi connectivity index (χ0n) is 11.4. The molecule has 21 heavy (non-hydrogen) atoms. The van der Waals surface area contributed by atoms with Crippen molar-refractivity contribution in [1.82, 2.24) is 4.98 Å². The molecule has 0 saturated heterocycles. The summed E-state index contributed by atoms with van der Waals surface area (Å²) in [6, 6.07) is 4.08. The van der Waals surface area contributed by atoms with Crippen molar-refractivity contribution in [1.29, 1.82) is 0 Å². The van der Waals surface area contributed by atoms with Crippen molar-refractivity contribution in [3.05, 3.63) is 40.1 Å². The van der Waals surface area contributed by atoms with Gasteiger partial charge >= 0.3 is 5.97 Å². The number of ketones is 1. The Morgan fingerprint density at radius 1 is 1.38 bits per heavy atom. The van der Waals surface area contributed by atoms with E-state index in [1.165, 1.54) is 24.4 Å². The fraction of sp³-hybridized carbons (Fsp3) is 0.286. The topological polar surface area (TPSA) is 102 Å². The number of Topliss-reactive ketones (excluding diaryl/α,β-unsaturated/α-hetero) is 1. The summed E-state index contributed by atoms with van der Waals surface area (Å²) in [5, 5.41) is 11.1. The first-order chi connectivity index (χ1) is 10.0. The minimum atomic E-state index is -0.948. The molecule has 1 heterocycles. The van der Waals surface area contributed by atoms with Crippen molar-refractivity contribution in [3.8, 4) is 0 Å². The van der Waals surface area contributed by atoms with Gasteiger partial charge in [0.25, 0.3) is 11.5 Å².